The van der Waals surface area contributed by atoms with E-state index in [1.54, 1.807) is 23.9 Å². The highest BCUT2D eigenvalue weighted by molar-refractivity contribution is 7.99. The first-order valence-electron chi connectivity index (χ1n) is 4.13. The maximum atomic E-state index is 12.9. The molecule has 0 amide bonds. The van der Waals surface area contributed by atoms with Crippen molar-refractivity contribution in [2.45, 2.75) is 11.7 Å². The number of rotatable bonds is 3. The second kappa shape index (κ2) is 4.11. The first-order chi connectivity index (χ1) is 6.12. The van der Waals surface area contributed by atoms with Crippen molar-refractivity contribution in [2.75, 3.05) is 12.8 Å². The van der Waals surface area contributed by atoms with Crippen LogP contribution in [0.15, 0.2) is 24.3 Å². The van der Waals surface area contributed by atoms with Crippen LogP contribution in [0.5, 0.6) is 0 Å². The Bertz CT molecular complexity index is 284. The summed E-state index contributed by atoms with van der Waals surface area (Å²) in [5, 5.41) is 0. The molecule has 1 nitrogen and oxygen atoms in total. The Hall–Kier alpha value is -0.540. The lowest BCUT2D eigenvalue weighted by Gasteiger charge is -2.26. The molecule has 0 saturated heterocycles. The molecule has 1 rings (SSSR count). The molecule has 1 unspecified atom stereocenters. The normalized spacial score (nSPS) is 15.4. The molecule has 0 aromatic heterocycles. The van der Waals surface area contributed by atoms with Crippen molar-refractivity contribution in [2.24, 2.45) is 5.73 Å². The van der Waals surface area contributed by atoms with Gasteiger partial charge >= 0.3 is 0 Å². The van der Waals surface area contributed by atoms with E-state index in [1.165, 1.54) is 6.07 Å². The number of halogens is 1. The van der Waals surface area contributed by atoms with Crippen LogP contribution in [0.3, 0.4) is 0 Å². The average molecular weight is 199 g/mol. The molecule has 0 aliphatic rings. The second-order valence-electron chi connectivity index (χ2n) is 3.15. The Morgan fingerprint density at radius 2 is 2.23 bits per heavy atom. The van der Waals surface area contributed by atoms with Gasteiger partial charge in [0.2, 0.25) is 0 Å². The van der Waals surface area contributed by atoms with Gasteiger partial charge < -0.3 is 5.73 Å². The molecular weight excluding hydrogens is 185 g/mol. The van der Waals surface area contributed by atoms with E-state index in [4.69, 9.17) is 5.73 Å². The van der Waals surface area contributed by atoms with Gasteiger partial charge in [-0.1, -0.05) is 12.1 Å². The van der Waals surface area contributed by atoms with Crippen LogP contribution >= 0.6 is 11.8 Å². The second-order valence-corrected chi connectivity index (χ2v) is 4.46. The maximum absolute atomic E-state index is 12.9. The van der Waals surface area contributed by atoms with Crippen LogP contribution in [-0.4, -0.2) is 12.8 Å². The molecule has 13 heavy (non-hydrogen) atoms. The van der Waals surface area contributed by atoms with Gasteiger partial charge in [0.05, 0.1) is 0 Å². The van der Waals surface area contributed by atoms with E-state index in [2.05, 4.69) is 0 Å². The fraction of sp³-hybridized carbons (Fsp3) is 0.400. The lowest BCUT2D eigenvalue weighted by molar-refractivity contribution is 0.617. The molecule has 0 bridgehead atoms. The van der Waals surface area contributed by atoms with Crippen molar-refractivity contribution in [3.63, 3.8) is 0 Å². The Balaban J connectivity index is 3.05. The molecule has 1 aromatic rings. The van der Waals surface area contributed by atoms with E-state index >= 15 is 0 Å². The molecule has 0 aliphatic carbocycles. The highest BCUT2D eigenvalue weighted by Crippen LogP contribution is 2.33. The van der Waals surface area contributed by atoms with Crippen molar-refractivity contribution in [3.8, 4) is 0 Å². The van der Waals surface area contributed by atoms with Crippen molar-refractivity contribution in [3.05, 3.63) is 35.6 Å². The van der Waals surface area contributed by atoms with Crippen molar-refractivity contribution < 1.29 is 4.39 Å². The summed E-state index contributed by atoms with van der Waals surface area (Å²) in [6.45, 7) is 2.53. The molecule has 0 heterocycles. The van der Waals surface area contributed by atoms with E-state index in [-0.39, 0.29) is 10.6 Å². The SMILES string of the molecule is CSC(C)(CN)c1cccc(F)c1. The summed E-state index contributed by atoms with van der Waals surface area (Å²) in [5.41, 5.74) is 6.60. The van der Waals surface area contributed by atoms with Crippen LogP contribution in [0, 0.1) is 5.82 Å². The highest BCUT2D eigenvalue weighted by Gasteiger charge is 2.23. The van der Waals surface area contributed by atoms with Crippen molar-refractivity contribution in [1.29, 1.82) is 0 Å². The maximum Gasteiger partial charge on any atom is 0.123 e. The summed E-state index contributed by atoms with van der Waals surface area (Å²) in [6, 6.07) is 6.62. The van der Waals surface area contributed by atoms with E-state index in [9.17, 15) is 4.39 Å². The van der Waals surface area contributed by atoms with Gasteiger partial charge in [0.25, 0.3) is 0 Å². The molecule has 3 heteroatoms. The first kappa shape index (κ1) is 10.5. The minimum absolute atomic E-state index is 0.178. The minimum Gasteiger partial charge on any atom is -0.329 e. The predicted octanol–water partition coefficient (Wildman–Crippen LogP) is 2.36. The number of thioether (sulfide) groups is 1. The monoisotopic (exact) mass is 199 g/mol. The van der Waals surface area contributed by atoms with Crippen LogP contribution in [0.25, 0.3) is 0 Å². The standard InChI is InChI=1S/C10H14FNS/c1-10(7-12,13-2)8-4-3-5-9(11)6-8/h3-6H,7,12H2,1-2H3. The third-order valence-corrected chi connectivity index (χ3v) is 3.58. The number of hydrogen-bond donors (Lipinski definition) is 1. The van der Waals surface area contributed by atoms with Gasteiger partial charge in [-0.25, -0.2) is 4.39 Å². The summed E-state index contributed by atoms with van der Waals surface area (Å²) < 4.78 is 12.7. The number of nitrogens with two attached hydrogens (primary N) is 1. The topological polar surface area (TPSA) is 26.0 Å². The zero-order valence-corrected chi connectivity index (χ0v) is 8.70. The summed E-state index contributed by atoms with van der Waals surface area (Å²) in [7, 11) is 0. The van der Waals surface area contributed by atoms with Crippen LogP contribution in [0.1, 0.15) is 12.5 Å². The van der Waals surface area contributed by atoms with Crippen molar-refractivity contribution in [1.82, 2.24) is 0 Å². The zero-order valence-electron chi connectivity index (χ0n) is 7.88. The third-order valence-electron chi connectivity index (χ3n) is 2.28. The molecule has 0 saturated carbocycles. The summed E-state index contributed by atoms with van der Waals surface area (Å²) >= 11 is 1.64. The van der Waals surface area contributed by atoms with E-state index < -0.39 is 0 Å². The van der Waals surface area contributed by atoms with Crippen LogP contribution in [-0.2, 0) is 4.75 Å². The first-order valence-corrected chi connectivity index (χ1v) is 5.36. The molecule has 72 valence electrons. The Kier molecular flexibility index (Phi) is 3.33. The lowest BCUT2D eigenvalue weighted by Crippen LogP contribution is -2.27. The predicted molar refractivity (Wildman–Crippen MR) is 56.3 cm³/mol. The van der Waals surface area contributed by atoms with Crippen LogP contribution in [0.2, 0.25) is 0 Å². The molecule has 1 aromatic carbocycles. The fourth-order valence-electron chi connectivity index (χ4n) is 1.14. The Labute approximate surface area is 82.5 Å². The summed E-state index contributed by atoms with van der Waals surface area (Å²) in [6.07, 6.45) is 1.98. The molecule has 0 radical (unpaired) electrons. The smallest absolute Gasteiger partial charge is 0.123 e. The Morgan fingerprint density at radius 3 is 2.69 bits per heavy atom. The molecule has 1 atom stereocenters. The van der Waals surface area contributed by atoms with Gasteiger partial charge in [0, 0.05) is 11.3 Å². The molecule has 0 aliphatic heterocycles. The summed E-state index contributed by atoms with van der Waals surface area (Å²) in [5.74, 6) is -0.203. The zero-order chi connectivity index (χ0) is 9.90. The van der Waals surface area contributed by atoms with Gasteiger partial charge in [-0.05, 0) is 30.9 Å². The summed E-state index contributed by atoms with van der Waals surface area (Å²) in [4.78, 5) is 0. The van der Waals surface area contributed by atoms with Gasteiger partial charge in [-0.2, -0.15) is 11.8 Å². The van der Waals surface area contributed by atoms with Crippen LogP contribution in [0.4, 0.5) is 4.39 Å². The van der Waals surface area contributed by atoms with E-state index in [0.717, 1.165) is 5.56 Å². The van der Waals surface area contributed by atoms with Gasteiger partial charge in [0.1, 0.15) is 5.82 Å². The molecular formula is C10H14FNS. The lowest BCUT2D eigenvalue weighted by atomic mass is 10.0. The van der Waals surface area contributed by atoms with Gasteiger partial charge in [0.15, 0.2) is 0 Å². The number of hydrogen-bond acceptors (Lipinski definition) is 2. The molecule has 2 N–H and O–H groups in total. The van der Waals surface area contributed by atoms with E-state index in [1.807, 2.05) is 19.2 Å². The number of benzene rings is 1. The van der Waals surface area contributed by atoms with E-state index in [0.29, 0.717) is 6.54 Å². The van der Waals surface area contributed by atoms with Crippen LogP contribution < -0.4 is 5.73 Å². The minimum atomic E-state index is -0.203. The molecule has 0 spiro atoms. The van der Waals surface area contributed by atoms with Gasteiger partial charge in [-0.15, -0.1) is 0 Å². The quantitative estimate of drug-likeness (QED) is 0.808. The third kappa shape index (κ3) is 2.23. The molecule has 0 fully saturated rings. The fourth-order valence-corrected chi connectivity index (χ4v) is 1.67. The van der Waals surface area contributed by atoms with Crippen molar-refractivity contribution >= 4 is 11.8 Å². The largest absolute Gasteiger partial charge is 0.329 e. The highest BCUT2D eigenvalue weighted by atomic mass is 32.2. The Morgan fingerprint density at radius 1 is 1.54 bits per heavy atom. The average Bonchev–Trinajstić information content (AvgIpc) is 2.17. The van der Waals surface area contributed by atoms with Gasteiger partial charge in [-0.3, -0.25) is 0 Å².